The van der Waals surface area contributed by atoms with Gasteiger partial charge in [0.05, 0.1) is 17.9 Å². The summed E-state index contributed by atoms with van der Waals surface area (Å²) in [5.41, 5.74) is 4.59. The normalized spacial score (nSPS) is 16.9. The third kappa shape index (κ3) is 3.75. The molecule has 1 aromatic carbocycles. The van der Waals surface area contributed by atoms with Crippen molar-refractivity contribution >= 4 is 23.4 Å². The van der Waals surface area contributed by atoms with E-state index in [9.17, 15) is 4.79 Å². The van der Waals surface area contributed by atoms with Gasteiger partial charge in [-0.1, -0.05) is 43.0 Å². The Morgan fingerprint density at radius 1 is 1.25 bits per heavy atom. The predicted molar refractivity (Wildman–Crippen MR) is 113 cm³/mol. The second-order valence-electron chi connectivity index (χ2n) is 7.67. The number of benzene rings is 1. The Hall–Kier alpha value is -2.07. The van der Waals surface area contributed by atoms with Crippen LogP contribution < -0.4 is 5.32 Å². The highest BCUT2D eigenvalue weighted by Crippen LogP contribution is 2.42. The van der Waals surface area contributed by atoms with E-state index in [2.05, 4.69) is 5.32 Å². The lowest BCUT2D eigenvalue weighted by Gasteiger charge is -2.29. The molecule has 1 saturated carbocycles. The molecule has 0 atom stereocenters. The van der Waals surface area contributed by atoms with Gasteiger partial charge in [0.2, 0.25) is 0 Å². The maximum Gasteiger partial charge on any atom is 0.340 e. The van der Waals surface area contributed by atoms with Crippen molar-refractivity contribution in [2.75, 3.05) is 18.5 Å². The summed E-state index contributed by atoms with van der Waals surface area (Å²) in [6.45, 7) is 3.12. The van der Waals surface area contributed by atoms with Crippen LogP contribution in [0.15, 0.2) is 24.3 Å². The lowest BCUT2D eigenvalue weighted by molar-refractivity contribution is 0.0524. The number of anilines is 1. The van der Waals surface area contributed by atoms with Crippen molar-refractivity contribution in [3.05, 3.63) is 46.1 Å². The molecule has 148 valence electrons. The number of carbonyl (C=O) groups is 1. The Morgan fingerprint density at radius 2 is 2.07 bits per heavy atom. The van der Waals surface area contributed by atoms with Gasteiger partial charge in [-0.2, -0.15) is 0 Å². The molecule has 1 N–H and O–H groups in total. The molecule has 5 heteroatoms. The first kappa shape index (κ1) is 19.3. The smallest absolute Gasteiger partial charge is 0.340 e. The van der Waals surface area contributed by atoms with Crippen molar-refractivity contribution < 1.29 is 9.53 Å². The number of fused-ring (bicyclic) bond motifs is 1. The number of pyridine rings is 1. The van der Waals surface area contributed by atoms with Crippen LogP contribution in [0, 0.1) is 0 Å². The van der Waals surface area contributed by atoms with Gasteiger partial charge in [-0.15, -0.1) is 0 Å². The summed E-state index contributed by atoms with van der Waals surface area (Å²) < 4.78 is 5.51. The molecule has 0 saturated heterocycles. The van der Waals surface area contributed by atoms with Gasteiger partial charge in [0.25, 0.3) is 0 Å². The first-order chi connectivity index (χ1) is 13.7. The Labute approximate surface area is 171 Å². The molecule has 0 amide bonds. The highest BCUT2D eigenvalue weighted by atomic mass is 35.5. The number of hydrogen-bond acceptors (Lipinski definition) is 4. The van der Waals surface area contributed by atoms with Gasteiger partial charge >= 0.3 is 5.97 Å². The molecule has 1 aliphatic carbocycles. The van der Waals surface area contributed by atoms with Gasteiger partial charge in [-0.05, 0) is 50.3 Å². The topological polar surface area (TPSA) is 51.2 Å². The number of nitrogens with one attached hydrogen (secondary N) is 1. The average molecular weight is 399 g/mol. The molecule has 4 nitrogen and oxygen atoms in total. The van der Waals surface area contributed by atoms with E-state index in [0.717, 1.165) is 60.4 Å². The van der Waals surface area contributed by atoms with Crippen molar-refractivity contribution in [1.82, 2.24) is 4.98 Å². The zero-order valence-electron chi connectivity index (χ0n) is 16.4. The van der Waals surface area contributed by atoms with Crippen molar-refractivity contribution in [3.8, 4) is 11.1 Å². The molecular formula is C23H27ClN2O2. The Bertz CT molecular complexity index is 875. The van der Waals surface area contributed by atoms with Gasteiger partial charge < -0.3 is 10.1 Å². The summed E-state index contributed by atoms with van der Waals surface area (Å²) in [6, 6.07) is 7.78. The molecule has 0 spiro atoms. The minimum Gasteiger partial charge on any atom is -0.462 e. The summed E-state index contributed by atoms with van der Waals surface area (Å²) in [5.74, 6) is 0.967. The number of ether oxygens (including phenoxy) is 1. The minimum atomic E-state index is -0.265. The Morgan fingerprint density at radius 3 is 2.82 bits per heavy atom. The van der Waals surface area contributed by atoms with Crippen molar-refractivity contribution in [2.24, 2.45) is 0 Å². The van der Waals surface area contributed by atoms with E-state index in [4.69, 9.17) is 21.3 Å². The molecular weight excluding hydrogens is 372 g/mol. The van der Waals surface area contributed by atoms with E-state index in [0.29, 0.717) is 23.1 Å². The van der Waals surface area contributed by atoms with Crippen molar-refractivity contribution in [1.29, 1.82) is 0 Å². The maximum atomic E-state index is 13.2. The minimum absolute atomic E-state index is 0.265. The molecule has 1 aromatic heterocycles. The fraction of sp³-hybridized carbons (Fsp3) is 0.478. The zero-order chi connectivity index (χ0) is 19.5. The van der Waals surface area contributed by atoms with Gasteiger partial charge in [0.15, 0.2) is 0 Å². The first-order valence-electron chi connectivity index (χ1n) is 10.4. The van der Waals surface area contributed by atoms with Crippen LogP contribution in [0.3, 0.4) is 0 Å². The highest BCUT2D eigenvalue weighted by Gasteiger charge is 2.31. The second kappa shape index (κ2) is 8.52. The van der Waals surface area contributed by atoms with Crippen LogP contribution in [0.4, 0.5) is 5.82 Å². The lowest BCUT2D eigenvalue weighted by Crippen LogP contribution is -2.22. The number of aromatic nitrogens is 1. The summed E-state index contributed by atoms with van der Waals surface area (Å²) in [7, 11) is 0. The maximum absolute atomic E-state index is 13.2. The quantitative estimate of drug-likeness (QED) is 0.643. The van der Waals surface area contributed by atoms with E-state index >= 15 is 0 Å². The molecule has 1 aliphatic heterocycles. The molecule has 28 heavy (non-hydrogen) atoms. The lowest BCUT2D eigenvalue weighted by atomic mass is 9.81. The molecule has 2 heterocycles. The second-order valence-corrected chi connectivity index (χ2v) is 8.11. The monoisotopic (exact) mass is 398 g/mol. The predicted octanol–water partition coefficient (Wildman–Crippen LogP) is 5.98. The number of carbonyl (C=O) groups excluding carboxylic acids is 1. The van der Waals surface area contributed by atoms with E-state index < -0.39 is 0 Å². The van der Waals surface area contributed by atoms with Gasteiger partial charge in [0, 0.05) is 28.6 Å². The van der Waals surface area contributed by atoms with E-state index in [1.807, 2.05) is 31.2 Å². The standard InChI is InChI=1S/C23H27ClN2O2/c1-2-28-23(27)20-19(16-10-6-11-17(24)14-16)18-12-7-13-25-22(18)26-21(20)15-8-4-3-5-9-15/h6,10-11,14-15H,2-5,7-9,12-13H2,1H3,(H,25,26). The van der Waals surface area contributed by atoms with Crippen LogP contribution in [0.2, 0.25) is 5.02 Å². The molecule has 4 rings (SSSR count). The van der Waals surface area contributed by atoms with Crippen LogP contribution in [0.1, 0.15) is 73.0 Å². The summed E-state index contributed by atoms with van der Waals surface area (Å²) >= 11 is 6.31. The SMILES string of the molecule is CCOC(=O)c1c(C2CCCCC2)nc2c(c1-c1cccc(Cl)c1)CCCN2. The number of esters is 1. The number of halogens is 1. The van der Waals surface area contributed by atoms with Crippen LogP contribution in [-0.4, -0.2) is 24.1 Å². The molecule has 2 aliphatic rings. The largest absolute Gasteiger partial charge is 0.462 e. The third-order valence-corrected chi connectivity index (χ3v) is 6.04. The summed E-state index contributed by atoms with van der Waals surface area (Å²) in [4.78, 5) is 18.2. The average Bonchev–Trinajstić information content (AvgIpc) is 2.73. The van der Waals surface area contributed by atoms with E-state index in [1.54, 1.807) is 0 Å². The molecule has 0 radical (unpaired) electrons. The number of hydrogen-bond donors (Lipinski definition) is 1. The van der Waals surface area contributed by atoms with E-state index in [-0.39, 0.29) is 5.97 Å². The highest BCUT2D eigenvalue weighted by molar-refractivity contribution is 6.30. The van der Waals surface area contributed by atoms with Crippen LogP contribution >= 0.6 is 11.6 Å². The molecule has 0 bridgehead atoms. The van der Waals surface area contributed by atoms with Gasteiger partial charge in [-0.25, -0.2) is 9.78 Å². The molecule has 0 unspecified atom stereocenters. The van der Waals surface area contributed by atoms with Crippen molar-refractivity contribution in [2.45, 2.75) is 57.8 Å². The fourth-order valence-corrected chi connectivity index (χ4v) is 4.74. The van der Waals surface area contributed by atoms with Crippen LogP contribution in [-0.2, 0) is 11.2 Å². The van der Waals surface area contributed by atoms with Crippen LogP contribution in [0.25, 0.3) is 11.1 Å². The number of rotatable bonds is 4. The number of nitrogens with zero attached hydrogens (tertiary/aromatic N) is 1. The van der Waals surface area contributed by atoms with Gasteiger partial charge in [-0.3, -0.25) is 0 Å². The Balaban J connectivity index is 1.98. The summed E-state index contributed by atoms with van der Waals surface area (Å²) in [6.07, 6.45) is 7.70. The third-order valence-electron chi connectivity index (χ3n) is 5.81. The summed E-state index contributed by atoms with van der Waals surface area (Å²) in [5, 5.41) is 4.14. The fourth-order valence-electron chi connectivity index (χ4n) is 4.55. The van der Waals surface area contributed by atoms with Gasteiger partial charge in [0.1, 0.15) is 5.82 Å². The van der Waals surface area contributed by atoms with E-state index in [1.165, 1.54) is 19.3 Å². The molecule has 2 aromatic rings. The first-order valence-corrected chi connectivity index (χ1v) is 10.8. The Kier molecular flexibility index (Phi) is 5.86. The van der Waals surface area contributed by atoms with Crippen LogP contribution in [0.5, 0.6) is 0 Å². The molecule has 1 fully saturated rings. The van der Waals surface area contributed by atoms with Crippen molar-refractivity contribution in [3.63, 3.8) is 0 Å². The zero-order valence-corrected chi connectivity index (χ0v) is 17.1.